The second kappa shape index (κ2) is 5.12. The molecule has 0 aliphatic heterocycles. The highest BCUT2D eigenvalue weighted by molar-refractivity contribution is 5.28. The van der Waals surface area contributed by atoms with Crippen LogP contribution in [-0.4, -0.2) is 15.1 Å². The minimum Gasteiger partial charge on any atom is -0.502 e. The Kier molecular flexibility index (Phi) is 3.30. The van der Waals surface area contributed by atoms with Crippen molar-refractivity contribution in [2.24, 2.45) is 0 Å². The standard InChI is InChI=1S/C16H18N2O2/c19-13-11-17-14(18-15(13)20)10-16(8-4-5-9-16)12-6-2-1-3-7-12/h1-3,6-7,11,19H,4-5,8-10H2,(H,17,18,20). The molecule has 0 bridgehead atoms. The van der Waals surface area contributed by atoms with E-state index in [9.17, 15) is 9.90 Å². The molecule has 1 aliphatic rings. The number of H-pyrrole nitrogens is 1. The van der Waals surface area contributed by atoms with Gasteiger partial charge in [0.2, 0.25) is 0 Å². The fraction of sp³-hybridized carbons (Fsp3) is 0.375. The van der Waals surface area contributed by atoms with Crippen LogP contribution >= 0.6 is 0 Å². The Hall–Kier alpha value is -2.10. The van der Waals surface area contributed by atoms with Gasteiger partial charge in [-0.25, -0.2) is 4.98 Å². The molecule has 0 atom stereocenters. The molecule has 0 amide bonds. The van der Waals surface area contributed by atoms with Gasteiger partial charge >= 0.3 is 0 Å². The Morgan fingerprint density at radius 1 is 1.20 bits per heavy atom. The van der Waals surface area contributed by atoms with E-state index in [2.05, 4.69) is 34.2 Å². The van der Waals surface area contributed by atoms with E-state index >= 15 is 0 Å². The van der Waals surface area contributed by atoms with Crippen LogP contribution in [0.5, 0.6) is 5.75 Å². The predicted octanol–water partition coefficient (Wildman–Crippen LogP) is 2.53. The first-order valence-corrected chi connectivity index (χ1v) is 7.02. The smallest absolute Gasteiger partial charge is 0.293 e. The lowest BCUT2D eigenvalue weighted by atomic mass is 9.76. The molecule has 1 aromatic carbocycles. The largest absolute Gasteiger partial charge is 0.502 e. The molecule has 0 radical (unpaired) electrons. The number of nitrogens with one attached hydrogen (secondary N) is 1. The Morgan fingerprint density at radius 2 is 1.90 bits per heavy atom. The zero-order valence-corrected chi connectivity index (χ0v) is 11.3. The van der Waals surface area contributed by atoms with Gasteiger partial charge in [-0.3, -0.25) is 4.79 Å². The van der Waals surface area contributed by atoms with Crippen molar-refractivity contribution in [2.75, 3.05) is 0 Å². The first-order chi connectivity index (χ1) is 9.70. The second-order valence-corrected chi connectivity index (χ2v) is 5.57. The van der Waals surface area contributed by atoms with E-state index in [1.165, 1.54) is 24.6 Å². The average Bonchev–Trinajstić information content (AvgIpc) is 2.94. The van der Waals surface area contributed by atoms with Crippen molar-refractivity contribution in [3.05, 3.63) is 58.3 Å². The normalized spacial score (nSPS) is 17.2. The van der Waals surface area contributed by atoms with Crippen LogP contribution in [0.3, 0.4) is 0 Å². The molecule has 0 unspecified atom stereocenters. The van der Waals surface area contributed by atoms with Gasteiger partial charge in [-0.1, -0.05) is 43.2 Å². The summed E-state index contributed by atoms with van der Waals surface area (Å²) in [4.78, 5) is 18.4. The van der Waals surface area contributed by atoms with Crippen LogP contribution in [0.4, 0.5) is 0 Å². The fourth-order valence-corrected chi connectivity index (χ4v) is 3.25. The maximum atomic E-state index is 11.5. The van der Waals surface area contributed by atoms with Gasteiger partial charge < -0.3 is 10.1 Å². The first-order valence-electron chi connectivity index (χ1n) is 7.02. The van der Waals surface area contributed by atoms with E-state index in [4.69, 9.17) is 0 Å². The van der Waals surface area contributed by atoms with E-state index in [0.29, 0.717) is 12.2 Å². The Balaban J connectivity index is 1.96. The van der Waals surface area contributed by atoms with Crippen molar-refractivity contribution in [1.29, 1.82) is 0 Å². The van der Waals surface area contributed by atoms with Crippen LogP contribution in [0, 0.1) is 0 Å². The lowest BCUT2D eigenvalue weighted by Gasteiger charge is -2.29. The number of nitrogens with zero attached hydrogens (tertiary/aromatic N) is 1. The molecule has 20 heavy (non-hydrogen) atoms. The highest BCUT2D eigenvalue weighted by Crippen LogP contribution is 2.43. The summed E-state index contributed by atoms with van der Waals surface area (Å²) < 4.78 is 0. The SMILES string of the molecule is O=c1[nH]c(CC2(c3ccccc3)CCCC2)ncc1O. The summed E-state index contributed by atoms with van der Waals surface area (Å²) in [5.74, 6) is 0.326. The molecule has 1 aromatic heterocycles. The van der Waals surface area contributed by atoms with Crippen LogP contribution in [0.25, 0.3) is 0 Å². The van der Waals surface area contributed by atoms with Crippen LogP contribution in [0.1, 0.15) is 37.1 Å². The maximum Gasteiger partial charge on any atom is 0.293 e. The van der Waals surface area contributed by atoms with Crippen LogP contribution < -0.4 is 5.56 Å². The summed E-state index contributed by atoms with van der Waals surface area (Å²) in [7, 11) is 0. The number of aromatic amines is 1. The monoisotopic (exact) mass is 270 g/mol. The molecule has 0 saturated heterocycles. The van der Waals surface area contributed by atoms with Gasteiger partial charge in [0.15, 0.2) is 5.75 Å². The molecule has 4 heteroatoms. The van der Waals surface area contributed by atoms with Gasteiger partial charge in [-0.15, -0.1) is 0 Å². The van der Waals surface area contributed by atoms with Crippen LogP contribution in [0.15, 0.2) is 41.3 Å². The molecule has 1 saturated carbocycles. The summed E-state index contributed by atoms with van der Waals surface area (Å²) in [5, 5.41) is 9.28. The molecule has 104 valence electrons. The van der Waals surface area contributed by atoms with Gasteiger partial charge in [0.25, 0.3) is 5.56 Å². The van der Waals surface area contributed by atoms with E-state index in [1.807, 2.05) is 6.07 Å². The number of hydrogen-bond acceptors (Lipinski definition) is 3. The molecule has 1 heterocycles. The fourth-order valence-electron chi connectivity index (χ4n) is 3.25. The van der Waals surface area contributed by atoms with Gasteiger partial charge in [0, 0.05) is 11.8 Å². The number of benzene rings is 1. The predicted molar refractivity (Wildman–Crippen MR) is 76.8 cm³/mol. The van der Waals surface area contributed by atoms with Gasteiger partial charge in [0.05, 0.1) is 6.20 Å². The van der Waals surface area contributed by atoms with Crippen LogP contribution in [0.2, 0.25) is 0 Å². The summed E-state index contributed by atoms with van der Waals surface area (Å²) in [6.07, 6.45) is 6.59. The lowest BCUT2D eigenvalue weighted by molar-refractivity contribution is 0.421. The highest BCUT2D eigenvalue weighted by atomic mass is 16.3. The maximum absolute atomic E-state index is 11.5. The molecule has 0 spiro atoms. The van der Waals surface area contributed by atoms with Crippen molar-refractivity contribution in [3.8, 4) is 5.75 Å². The molecule has 3 rings (SSSR count). The summed E-state index contributed by atoms with van der Waals surface area (Å²) in [6, 6.07) is 10.4. The summed E-state index contributed by atoms with van der Waals surface area (Å²) >= 11 is 0. The topological polar surface area (TPSA) is 66.0 Å². The van der Waals surface area contributed by atoms with E-state index in [0.717, 1.165) is 12.8 Å². The third kappa shape index (κ3) is 2.33. The molecular weight excluding hydrogens is 252 g/mol. The third-order valence-electron chi connectivity index (χ3n) is 4.29. The van der Waals surface area contributed by atoms with Crippen molar-refractivity contribution in [3.63, 3.8) is 0 Å². The third-order valence-corrected chi connectivity index (χ3v) is 4.29. The van der Waals surface area contributed by atoms with Crippen LogP contribution in [-0.2, 0) is 11.8 Å². The number of hydrogen-bond donors (Lipinski definition) is 2. The highest BCUT2D eigenvalue weighted by Gasteiger charge is 2.36. The number of rotatable bonds is 3. The summed E-state index contributed by atoms with van der Waals surface area (Å²) in [6.45, 7) is 0. The second-order valence-electron chi connectivity index (χ2n) is 5.57. The zero-order chi connectivity index (χ0) is 14.0. The van der Waals surface area contributed by atoms with E-state index in [1.54, 1.807) is 0 Å². The molecule has 1 aliphatic carbocycles. The minimum absolute atomic E-state index is 0.0637. The quantitative estimate of drug-likeness (QED) is 0.900. The molecular formula is C16H18N2O2. The zero-order valence-electron chi connectivity index (χ0n) is 11.3. The average molecular weight is 270 g/mol. The first kappa shape index (κ1) is 12.9. The Bertz CT molecular complexity index is 643. The molecule has 1 fully saturated rings. The minimum atomic E-state index is -0.462. The van der Waals surface area contributed by atoms with Gasteiger partial charge in [-0.05, 0) is 18.4 Å². The van der Waals surface area contributed by atoms with E-state index in [-0.39, 0.29) is 11.2 Å². The van der Waals surface area contributed by atoms with Gasteiger partial charge in [0.1, 0.15) is 5.82 Å². The lowest BCUT2D eigenvalue weighted by Crippen LogP contribution is -2.27. The van der Waals surface area contributed by atoms with Gasteiger partial charge in [-0.2, -0.15) is 0 Å². The van der Waals surface area contributed by atoms with E-state index < -0.39 is 5.56 Å². The summed E-state index contributed by atoms with van der Waals surface area (Å²) in [5.41, 5.74) is 0.915. The molecule has 2 aromatic rings. The van der Waals surface area contributed by atoms with Crippen molar-refractivity contribution >= 4 is 0 Å². The number of aromatic hydroxyl groups is 1. The molecule has 4 nitrogen and oxygen atoms in total. The Labute approximate surface area is 117 Å². The van der Waals surface area contributed by atoms with Crippen molar-refractivity contribution in [1.82, 2.24) is 9.97 Å². The number of aromatic nitrogens is 2. The Morgan fingerprint density at radius 3 is 2.55 bits per heavy atom. The molecule has 2 N–H and O–H groups in total. The van der Waals surface area contributed by atoms with Crippen molar-refractivity contribution in [2.45, 2.75) is 37.5 Å². The van der Waals surface area contributed by atoms with Crippen molar-refractivity contribution < 1.29 is 5.11 Å².